The first-order valence-corrected chi connectivity index (χ1v) is 3.94. The molecule has 0 aromatic heterocycles. The molecule has 13 heavy (non-hydrogen) atoms. The monoisotopic (exact) mass is 200 g/mol. The van der Waals surface area contributed by atoms with Gasteiger partial charge in [-0.15, -0.1) is 0 Å². The van der Waals surface area contributed by atoms with Crippen molar-refractivity contribution < 1.29 is 9.90 Å². The molecule has 4 N–H and O–H groups in total. The number of benzene rings is 1. The van der Waals surface area contributed by atoms with Crippen LogP contribution in [0, 0.1) is 0 Å². The van der Waals surface area contributed by atoms with Crippen molar-refractivity contribution in [2.45, 2.75) is 6.92 Å². The number of phenols is 1. The molecule has 1 aromatic carbocycles. The fourth-order valence-corrected chi connectivity index (χ4v) is 1.08. The van der Waals surface area contributed by atoms with Gasteiger partial charge in [-0.1, -0.05) is 11.6 Å². The van der Waals surface area contributed by atoms with Crippen molar-refractivity contribution >= 4 is 28.9 Å². The lowest BCUT2D eigenvalue weighted by Crippen LogP contribution is -2.06. The van der Waals surface area contributed by atoms with E-state index >= 15 is 0 Å². The van der Waals surface area contributed by atoms with Gasteiger partial charge in [0.25, 0.3) is 0 Å². The Kier molecular flexibility index (Phi) is 2.63. The zero-order chi connectivity index (χ0) is 10.0. The highest BCUT2D eigenvalue weighted by Crippen LogP contribution is 2.34. The number of phenolic OH excluding ortho intramolecular Hbond substituents is 1. The first-order chi connectivity index (χ1) is 6.02. The van der Waals surface area contributed by atoms with Crippen LogP contribution in [0.2, 0.25) is 5.02 Å². The number of amides is 1. The summed E-state index contributed by atoms with van der Waals surface area (Å²) in [4.78, 5) is 10.7. The molecule has 0 fully saturated rings. The summed E-state index contributed by atoms with van der Waals surface area (Å²) in [7, 11) is 0. The average molecular weight is 201 g/mol. The molecule has 0 unspecified atom stereocenters. The smallest absolute Gasteiger partial charge is 0.221 e. The van der Waals surface area contributed by atoms with Gasteiger partial charge in [0.15, 0.2) is 0 Å². The van der Waals surface area contributed by atoms with E-state index in [1.165, 1.54) is 19.1 Å². The molecule has 0 bridgehead atoms. The second-order valence-corrected chi connectivity index (χ2v) is 2.92. The van der Waals surface area contributed by atoms with Crippen LogP contribution in [0.4, 0.5) is 11.4 Å². The minimum atomic E-state index is -0.244. The van der Waals surface area contributed by atoms with Crippen LogP contribution in [0.25, 0.3) is 0 Å². The highest BCUT2D eigenvalue weighted by molar-refractivity contribution is 6.36. The summed E-state index contributed by atoms with van der Waals surface area (Å²) < 4.78 is 0. The van der Waals surface area contributed by atoms with Gasteiger partial charge in [-0.3, -0.25) is 4.79 Å². The molecule has 0 saturated heterocycles. The van der Waals surface area contributed by atoms with Gasteiger partial charge in [0, 0.05) is 6.92 Å². The van der Waals surface area contributed by atoms with Gasteiger partial charge in [-0.25, -0.2) is 0 Å². The number of nitrogen functional groups attached to an aromatic ring is 1. The maximum Gasteiger partial charge on any atom is 0.221 e. The van der Waals surface area contributed by atoms with E-state index in [1.54, 1.807) is 0 Å². The second kappa shape index (κ2) is 3.53. The van der Waals surface area contributed by atoms with Crippen molar-refractivity contribution in [1.82, 2.24) is 0 Å². The van der Waals surface area contributed by atoms with E-state index in [0.717, 1.165) is 0 Å². The Balaban J connectivity index is 3.10. The molecule has 0 saturated carbocycles. The lowest BCUT2D eigenvalue weighted by molar-refractivity contribution is -0.114. The van der Waals surface area contributed by atoms with Crippen LogP contribution in [0.1, 0.15) is 6.92 Å². The molecule has 0 aliphatic heterocycles. The van der Waals surface area contributed by atoms with Gasteiger partial charge in [0.1, 0.15) is 5.75 Å². The van der Waals surface area contributed by atoms with Gasteiger partial charge < -0.3 is 16.2 Å². The molecule has 1 amide bonds. The van der Waals surface area contributed by atoms with Gasteiger partial charge in [-0.2, -0.15) is 0 Å². The molecule has 70 valence electrons. The number of nitrogens with one attached hydrogen (secondary N) is 1. The number of hydrogen-bond donors (Lipinski definition) is 3. The third-order valence-corrected chi connectivity index (χ3v) is 1.87. The summed E-state index contributed by atoms with van der Waals surface area (Å²) in [6.07, 6.45) is 0. The lowest BCUT2D eigenvalue weighted by Gasteiger charge is -2.07. The maximum absolute atomic E-state index is 10.7. The number of halogens is 1. The van der Waals surface area contributed by atoms with Crippen molar-refractivity contribution in [3.8, 4) is 5.75 Å². The molecule has 0 spiro atoms. The predicted octanol–water partition coefficient (Wildman–Crippen LogP) is 1.59. The van der Waals surface area contributed by atoms with E-state index in [1.807, 2.05) is 0 Å². The number of anilines is 2. The number of carbonyl (C=O) groups excluding carboxylic acids is 1. The molecular weight excluding hydrogens is 192 g/mol. The number of nitrogens with two attached hydrogens (primary N) is 1. The Bertz CT molecular complexity index is 352. The van der Waals surface area contributed by atoms with Crippen LogP contribution in [0.3, 0.4) is 0 Å². The minimum absolute atomic E-state index is 0.0629. The minimum Gasteiger partial charge on any atom is -0.506 e. The molecule has 0 heterocycles. The second-order valence-electron chi connectivity index (χ2n) is 2.54. The SMILES string of the molecule is CC(=O)Nc1ccc(O)c(N)c1Cl. The topological polar surface area (TPSA) is 75.3 Å². The maximum atomic E-state index is 10.7. The van der Waals surface area contributed by atoms with Gasteiger partial charge >= 0.3 is 0 Å². The lowest BCUT2D eigenvalue weighted by atomic mass is 10.2. The Morgan fingerprint density at radius 2 is 2.23 bits per heavy atom. The summed E-state index contributed by atoms with van der Waals surface area (Å²) in [6, 6.07) is 2.85. The van der Waals surface area contributed by atoms with E-state index in [4.69, 9.17) is 22.4 Å². The standard InChI is InChI=1S/C8H9ClN2O2/c1-4(12)11-5-2-3-6(13)8(10)7(5)9/h2-3,13H,10H2,1H3,(H,11,12). The number of aromatic hydroxyl groups is 1. The molecule has 0 radical (unpaired) electrons. The van der Waals surface area contributed by atoms with Gasteiger partial charge in [0.2, 0.25) is 5.91 Å². The van der Waals surface area contributed by atoms with Crippen molar-refractivity contribution in [2.75, 3.05) is 11.1 Å². The number of hydrogen-bond acceptors (Lipinski definition) is 3. The third-order valence-electron chi connectivity index (χ3n) is 1.47. The predicted molar refractivity (Wildman–Crippen MR) is 51.8 cm³/mol. The van der Waals surface area contributed by atoms with Crippen LogP contribution in [-0.4, -0.2) is 11.0 Å². The average Bonchev–Trinajstić information content (AvgIpc) is 2.06. The molecule has 1 aromatic rings. The molecular formula is C8H9ClN2O2. The zero-order valence-electron chi connectivity index (χ0n) is 6.97. The molecule has 4 nitrogen and oxygen atoms in total. The summed E-state index contributed by atoms with van der Waals surface area (Å²) in [5.41, 5.74) is 5.88. The zero-order valence-corrected chi connectivity index (χ0v) is 7.72. The molecule has 5 heteroatoms. The normalized spacial score (nSPS) is 9.69. The quantitative estimate of drug-likeness (QED) is 0.366. The van der Waals surface area contributed by atoms with Crippen molar-refractivity contribution in [1.29, 1.82) is 0 Å². The van der Waals surface area contributed by atoms with E-state index in [-0.39, 0.29) is 22.4 Å². The summed E-state index contributed by atoms with van der Waals surface area (Å²) >= 11 is 5.74. The number of rotatable bonds is 1. The molecule has 0 atom stereocenters. The Labute approximate surface area is 80.3 Å². The van der Waals surface area contributed by atoms with Crippen molar-refractivity contribution in [3.05, 3.63) is 17.2 Å². The molecule has 0 aliphatic rings. The van der Waals surface area contributed by atoms with Gasteiger partial charge in [-0.05, 0) is 12.1 Å². The fraction of sp³-hybridized carbons (Fsp3) is 0.125. The third kappa shape index (κ3) is 2.03. The van der Waals surface area contributed by atoms with Crippen LogP contribution in [0.5, 0.6) is 5.75 Å². The Morgan fingerprint density at radius 1 is 1.62 bits per heavy atom. The van der Waals surface area contributed by atoms with E-state index < -0.39 is 0 Å². The van der Waals surface area contributed by atoms with Crippen LogP contribution in [0.15, 0.2) is 12.1 Å². The Morgan fingerprint density at radius 3 is 2.77 bits per heavy atom. The van der Waals surface area contributed by atoms with E-state index in [9.17, 15) is 4.79 Å². The van der Waals surface area contributed by atoms with Crippen molar-refractivity contribution in [3.63, 3.8) is 0 Å². The first kappa shape index (κ1) is 9.67. The summed E-state index contributed by atoms with van der Waals surface area (Å²) in [5.74, 6) is -0.342. The Hall–Kier alpha value is -1.42. The molecule has 1 rings (SSSR count). The van der Waals surface area contributed by atoms with Crippen LogP contribution < -0.4 is 11.1 Å². The number of carbonyl (C=O) groups is 1. The van der Waals surface area contributed by atoms with Crippen LogP contribution in [-0.2, 0) is 4.79 Å². The summed E-state index contributed by atoms with van der Waals surface area (Å²) in [5, 5.41) is 11.8. The largest absolute Gasteiger partial charge is 0.506 e. The van der Waals surface area contributed by atoms with E-state index in [0.29, 0.717) is 5.69 Å². The first-order valence-electron chi connectivity index (χ1n) is 3.57. The highest BCUT2D eigenvalue weighted by Gasteiger charge is 2.08. The van der Waals surface area contributed by atoms with Crippen LogP contribution >= 0.6 is 11.6 Å². The van der Waals surface area contributed by atoms with Gasteiger partial charge in [0.05, 0.1) is 16.4 Å². The highest BCUT2D eigenvalue weighted by atomic mass is 35.5. The molecule has 0 aliphatic carbocycles. The summed E-state index contributed by atoms with van der Waals surface area (Å²) in [6.45, 7) is 1.36. The van der Waals surface area contributed by atoms with Crippen molar-refractivity contribution in [2.24, 2.45) is 0 Å². The van der Waals surface area contributed by atoms with E-state index in [2.05, 4.69) is 5.32 Å². The fourth-order valence-electron chi connectivity index (χ4n) is 0.869.